The van der Waals surface area contributed by atoms with E-state index in [2.05, 4.69) is 46.0 Å². The van der Waals surface area contributed by atoms with E-state index >= 15 is 0 Å². The Morgan fingerprint density at radius 3 is 2.32 bits per heavy atom. The summed E-state index contributed by atoms with van der Waals surface area (Å²) in [7, 11) is 0. The second-order valence-electron chi connectivity index (χ2n) is 5.64. The van der Waals surface area contributed by atoms with Crippen LogP contribution in [0.3, 0.4) is 0 Å². The van der Waals surface area contributed by atoms with Crippen molar-refractivity contribution >= 4 is 28.9 Å². The minimum Gasteiger partial charge on any atom is -0.375 e. The predicted molar refractivity (Wildman–Crippen MR) is 95.5 cm³/mol. The van der Waals surface area contributed by atoms with Gasteiger partial charge in [-0.25, -0.2) is 4.98 Å². The zero-order valence-electron chi connectivity index (χ0n) is 12.9. The lowest BCUT2D eigenvalue weighted by Gasteiger charge is -2.34. The average molecular weight is 339 g/mol. The molecule has 22 heavy (non-hydrogen) atoms. The molecule has 2 aromatic rings. The van der Waals surface area contributed by atoms with Crippen molar-refractivity contribution < 1.29 is 0 Å². The number of nitrogen functional groups attached to an aromatic ring is 1. The molecule has 6 heteroatoms. The van der Waals surface area contributed by atoms with Crippen LogP contribution in [0, 0.1) is 6.92 Å². The first-order chi connectivity index (χ1) is 10.2. The lowest BCUT2D eigenvalue weighted by molar-refractivity contribution is 0.122. The molecule has 0 bridgehead atoms. The topological polar surface area (TPSA) is 45.4 Å². The summed E-state index contributed by atoms with van der Waals surface area (Å²) in [6, 6.07) is 8.67. The van der Waals surface area contributed by atoms with Gasteiger partial charge >= 0.3 is 0 Å². The summed E-state index contributed by atoms with van der Waals surface area (Å²) < 4.78 is 0. The van der Waals surface area contributed by atoms with Crippen LogP contribution in [0.2, 0.25) is 0 Å². The van der Waals surface area contributed by atoms with Crippen LogP contribution in [-0.4, -0.2) is 41.0 Å². The molecule has 2 heterocycles. The van der Waals surface area contributed by atoms with Crippen LogP contribution in [0.25, 0.3) is 0 Å². The van der Waals surface area contributed by atoms with Crippen LogP contribution in [0.15, 0.2) is 30.5 Å². The lowest BCUT2D eigenvalue weighted by atomic mass is 10.1. The van der Waals surface area contributed by atoms with E-state index in [1.54, 1.807) is 11.3 Å². The molecule has 1 aromatic heterocycles. The number of hydrogen-bond donors (Lipinski definition) is 1. The van der Waals surface area contributed by atoms with Crippen molar-refractivity contribution in [3.8, 4) is 0 Å². The molecule has 4 nitrogen and oxygen atoms in total. The molecule has 0 unspecified atom stereocenters. The van der Waals surface area contributed by atoms with E-state index in [0.717, 1.165) is 39.3 Å². The first-order valence-electron chi connectivity index (χ1n) is 7.40. The second kappa shape index (κ2) is 7.92. The molecule has 3 rings (SSSR count). The van der Waals surface area contributed by atoms with Gasteiger partial charge in [-0.1, -0.05) is 24.3 Å². The molecule has 1 aliphatic heterocycles. The molecule has 1 fully saturated rings. The monoisotopic (exact) mass is 338 g/mol. The molecule has 0 radical (unpaired) electrons. The summed E-state index contributed by atoms with van der Waals surface area (Å²) in [4.78, 5) is 10.4. The minimum absolute atomic E-state index is 0. The Bertz CT molecular complexity index is 593. The van der Waals surface area contributed by atoms with Gasteiger partial charge in [0.25, 0.3) is 0 Å². The fourth-order valence-corrected chi connectivity index (χ4v) is 3.48. The van der Waals surface area contributed by atoms with E-state index in [1.165, 1.54) is 16.0 Å². The van der Waals surface area contributed by atoms with Crippen molar-refractivity contribution in [3.63, 3.8) is 0 Å². The Hall–Kier alpha value is -1.14. The van der Waals surface area contributed by atoms with Gasteiger partial charge < -0.3 is 5.73 Å². The van der Waals surface area contributed by atoms with Crippen LogP contribution in [-0.2, 0) is 13.1 Å². The van der Waals surface area contributed by atoms with E-state index in [9.17, 15) is 0 Å². The largest absolute Gasteiger partial charge is 0.375 e. The maximum atomic E-state index is 5.69. The quantitative estimate of drug-likeness (QED) is 0.931. The van der Waals surface area contributed by atoms with Crippen LogP contribution in [0.4, 0.5) is 5.13 Å². The summed E-state index contributed by atoms with van der Waals surface area (Å²) in [5.41, 5.74) is 8.52. The van der Waals surface area contributed by atoms with E-state index in [0.29, 0.717) is 5.13 Å². The first kappa shape index (κ1) is 17.2. The summed E-state index contributed by atoms with van der Waals surface area (Å²) in [6.07, 6.45) is 1.90. The number of benzene rings is 1. The van der Waals surface area contributed by atoms with Crippen LogP contribution >= 0.6 is 23.7 Å². The Morgan fingerprint density at radius 2 is 1.73 bits per heavy atom. The molecule has 0 spiro atoms. The number of nitrogens with two attached hydrogens (primary N) is 1. The van der Waals surface area contributed by atoms with Gasteiger partial charge in [0.05, 0.1) is 0 Å². The van der Waals surface area contributed by atoms with Gasteiger partial charge in [0.15, 0.2) is 5.13 Å². The Kier molecular flexibility index (Phi) is 6.20. The molecule has 2 N–H and O–H groups in total. The lowest BCUT2D eigenvalue weighted by Crippen LogP contribution is -2.45. The first-order valence-corrected chi connectivity index (χ1v) is 8.22. The normalized spacial score (nSPS) is 16.4. The zero-order valence-corrected chi connectivity index (χ0v) is 14.5. The highest BCUT2D eigenvalue weighted by Crippen LogP contribution is 2.18. The highest BCUT2D eigenvalue weighted by atomic mass is 35.5. The average Bonchev–Trinajstić information content (AvgIpc) is 2.89. The van der Waals surface area contributed by atoms with E-state index in [4.69, 9.17) is 5.73 Å². The highest BCUT2D eigenvalue weighted by molar-refractivity contribution is 7.15. The molecule has 0 atom stereocenters. The predicted octanol–water partition coefficient (Wildman–Crippen LogP) is 2.77. The third kappa shape index (κ3) is 4.43. The van der Waals surface area contributed by atoms with Gasteiger partial charge in [0.2, 0.25) is 0 Å². The van der Waals surface area contributed by atoms with Crippen molar-refractivity contribution in [2.75, 3.05) is 31.9 Å². The number of hydrogen-bond acceptors (Lipinski definition) is 5. The summed E-state index contributed by atoms with van der Waals surface area (Å²) in [6.45, 7) is 8.72. The van der Waals surface area contributed by atoms with Gasteiger partial charge in [-0.15, -0.1) is 23.7 Å². The highest BCUT2D eigenvalue weighted by Gasteiger charge is 2.18. The fraction of sp³-hybridized carbons (Fsp3) is 0.438. The summed E-state index contributed by atoms with van der Waals surface area (Å²) in [5, 5.41) is 0.670. The molecule has 0 saturated carbocycles. The number of halogens is 1. The van der Waals surface area contributed by atoms with E-state index in [1.807, 2.05) is 6.20 Å². The molecule has 0 amide bonds. The third-order valence-corrected chi connectivity index (χ3v) is 4.88. The maximum Gasteiger partial charge on any atom is 0.180 e. The second-order valence-corrected chi connectivity index (χ2v) is 6.79. The number of thiazole rings is 1. The molecule has 1 aliphatic rings. The van der Waals surface area contributed by atoms with Crippen molar-refractivity contribution in [1.82, 2.24) is 14.8 Å². The van der Waals surface area contributed by atoms with Gasteiger partial charge in [-0.2, -0.15) is 0 Å². The summed E-state index contributed by atoms with van der Waals surface area (Å²) in [5.74, 6) is 0. The SMILES string of the molecule is Cc1ccccc1CN1CCN(Cc2cnc(N)s2)CC1.Cl. The van der Waals surface area contributed by atoms with E-state index < -0.39 is 0 Å². The molecule has 1 aromatic carbocycles. The van der Waals surface area contributed by atoms with E-state index in [-0.39, 0.29) is 12.4 Å². The van der Waals surface area contributed by atoms with Gasteiger partial charge in [-0.3, -0.25) is 9.80 Å². The molecule has 1 saturated heterocycles. The molecule has 0 aliphatic carbocycles. The molecular formula is C16H23ClN4S. The van der Waals surface area contributed by atoms with Gasteiger partial charge in [0.1, 0.15) is 0 Å². The third-order valence-electron chi connectivity index (χ3n) is 4.07. The Morgan fingerprint density at radius 1 is 1.09 bits per heavy atom. The van der Waals surface area contributed by atoms with Crippen molar-refractivity contribution in [2.45, 2.75) is 20.0 Å². The van der Waals surface area contributed by atoms with Gasteiger partial charge in [0, 0.05) is 50.3 Å². The summed E-state index contributed by atoms with van der Waals surface area (Å²) >= 11 is 1.60. The smallest absolute Gasteiger partial charge is 0.180 e. The number of nitrogens with zero attached hydrogens (tertiary/aromatic N) is 3. The Balaban J connectivity index is 0.00000176. The maximum absolute atomic E-state index is 5.69. The minimum atomic E-state index is 0. The van der Waals surface area contributed by atoms with Crippen molar-refractivity contribution in [1.29, 1.82) is 0 Å². The van der Waals surface area contributed by atoms with Crippen molar-refractivity contribution in [3.05, 3.63) is 46.5 Å². The van der Waals surface area contributed by atoms with Crippen molar-refractivity contribution in [2.24, 2.45) is 0 Å². The van der Waals surface area contributed by atoms with Crippen LogP contribution in [0.1, 0.15) is 16.0 Å². The standard InChI is InChI=1S/C16H22N4S.ClH/c1-13-4-2-3-5-14(13)11-19-6-8-20(9-7-19)12-15-10-18-16(17)21-15;/h2-5,10H,6-9,11-12H2,1H3,(H2,17,18);1H. The number of piperazine rings is 1. The fourth-order valence-electron chi connectivity index (χ4n) is 2.75. The zero-order chi connectivity index (χ0) is 14.7. The number of anilines is 1. The molecular weight excluding hydrogens is 316 g/mol. The number of rotatable bonds is 4. The number of aryl methyl sites for hydroxylation is 1. The number of aromatic nitrogens is 1. The van der Waals surface area contributed by atoms with Crippen LogP contribution < -0.4 is 5.73 Å². The van der Waals surface area contributed by atoms with Crippen LogP contribution in [0.5, 0.6) is 0 Å². The van der Waals surface area contributed by atoms with Gasteiger partial charge in [-0.05, 0) is 18.1 Å². The molecule has 120 valence electrons. The Labute approximate surface area is 142 Å².